The van der Waals surface area contributed by atoms with Crippen molar-refractivity contribution in [1.82, 2.24) is 0 Å². The molecule has 0 saturated carbocycles. The van der Waals surface area contributed by atoms with Gasteiger partial charge in [-0.3, -0.25) is 0 Å². The van der Waals surface area contributed by atoms with Gasteiger partial charge >= 0.3 is 7.66 Å². The van der Waals surface area contributed by atoms with Crippen molar-refractivity contribution in [3.8, 4) is 0 Å². The first-order valence-corrected chi connectivity index (χ1v) is 7.79. The van der Waals surface area contributed by atoms with E-state index in [4.69, 9.17) is 36.1 Å². The summed E-state index contributed by atoms with van der Waals surface area (Å²) in [5.74, 6) is 0. The van der Waals surface area contributed by atoms with E-state index in [9.17, 15) is 0 Å². The highest BCUT2D eigenvalue weighted by atomic mass is 35.7. The summed E-state index contributed by atoms with van der Waals surface area (Å²) in [5, 5.41) is 0. The lowest BCUT2D eigenvalue weighted by atomic mass is 10.6. The molecule has 12 heavy (non-hydrogen) atoms. The Morgan fingerprint density at radius 1 is 1.17 bits per heavy atom. The van der Waals surface area contributed by atoms with Crippen LogP contribution < -0.4 is 0 Å². The third-order valence-electron chi connectivity index (χ3n) is 1.06. The van der Waals surface area contributed by atoms with Crippen molar-refractivity contribution in [1.29, 1.82) is 0 Å². The van der Waals surface area contributed by atoms with E-state index in [1.54, 1.807) is 0 Å². The summed E-state index contributed by atoms with van der Waals surface area (Å²) < 4.78 is 15.4. The first-order valence-electron chi connectivity index (χ1n) is 3.83. The van der Waals surface area contributed by atoms with Crippen molar-refractivity contribution in [3.63, 3.8) is 0 Å². The zero-order valence-corrected chi connectivity index (χ0v) is 9.92. The fraction of sp³-hybridized carbons (Fsp3) is 1.00. The third-order valence-corrected chi connectivity index (χ3v) is 2.26. The van der Waals surface area contributed by atoms with Gasteiger partial charge in [-0.15, -0.1) is 22.2 Å². The van der Waals surface area contributed by atoms with Gasteiger partial charge in [0.2, 0.25) is 0 Å². The van der Waals surface area contributed by atoms with E-state index in [0.717, 1.165) is 0 Å². The average Bonchev–Trinajstić information content (AvgIpc) is 2.01. The van der Waals surface area contributed by atoms with Gasteiger partial charge in [-0.1, -0.05) is 0 Å². The number of ether oxygens (including phenoxy) is 2. The van der Waals surface area contributed by atoms with Crippen LogP contribution in [0.15, 0.2) is 0 Å². The summed E-state index contributed by atoms with van der Waals surface area (Å²) in [6.07, 6.45) is -0.340. The lowest BCUT2D eigenvalue weighted by Gasteiger charge is -2.16. The molecule has 0 aliphatic heterocycles. The third kappa shape index (κ3) is 7.33. The van der Waals surface area contributed by atoms with Crippen molar-refractivity contribution in [2.75, 3.05) is 19.8 Å². The molecule has 0 aliphatic carbocycles. The zero-order valence-electron chi connectivity index (χ0n) is 7.26. The Labute approximate surface area is 84.0 Å². The Morgan fingerprint density at radius 2 is 1.67 bits per heavy atom. The monoisotopic (exact) mass is 232 g/mol. The summed E-state index contributed by atoms with van der Waals surface area (Å²) >= 11 is 11.0. The average molecular weight is 233 g/mol. The molecule has 3 nitrogen and oxygen atoms in total. The molecule has 0 spiro atoms. The van der Waals surface area contributed by atoms with E-state index in [2.05, 4.69) is 0 Å². The second-order valence-electron chi connectivity index (χ2n) is 1.93. The molecule has 0 unspecified atom stereocenters. The van der Waals surface area contributed by atoms with Gasteiger partial charge in [0.25, 0.3) is 0 Å². The summed E-state index contributed by atoms with van der Waals surface area (Å²) in [4.78, 5) is 0. The number of hydrogen-bond acceptors (Lipinski definition) is 3. The smallest absolute Gasteiger partial charge is 0.373 e. The predicted octanol–water partition coefficient (Wildman–Crippen LogP) is 1.60. The first-order chi connectivity index (χ1) is 5.70. The van der Waals surface area contributed by atoms with Gasteiger partial charge in [0.05, 0.1) is 6.61 Å². The predicted molar refractivity (Wildman–Crippen MR) is 51.8 cm³/mol. The summed E-state index contributed by atoms with van der Waals surface area (Å²) in [7, 11) is -1.99. The molecule has 0 bridgehead atoms. The summed E-state index contributed by atoms with van der Waals surface area (Å²) in [5.41, 5.74) is 0. The van der Waals surface area contributed by atoms with E-state index in [1.165, 1.54) is 0 Å². The first kappa shape index (κ1) is 12.7. The van der Waals surface area contributed by atoms with E-state index < -0.39 is 7.66 Å². The normalized spacial score (nSPS) is 11.5. The molecule has 6 heteroatoms. The van der Waals surface area contributed by atoms with Crippen molar-refractivity contribution in [3.05, 3.63) is 0 Å². The minimum absolute atomic E-state index is 0.311. The molecular weight excluding hydrogens is 219 g/mol. The lowest BCUT2D eigenvalue weighted by Crippen LogP contribution is -2.25. The molecule has 74 valence electrons. The van der Waals surface area contributed by atoms with Gasteiger partial charge in [0.1, 0.15) is 0 Å². The molecule has 0 N–H and O–H groups in total. The molecule has 0 saturated heterocycles. The minimum atomic E-state index is -1.99. The van der Waals surface area contributed by atoms with Gasteiger partial charge < -0.3 is 13.9 Å². The van der Waals surface area contributed by atoms with Crippen molar-refractivity contribution < 1.29 is 13.9 Å². The largest absolute Gasteiger partial charge is 0.389 e. The van der Waals surface area contributed by atoms with E-state index in [1.807, 2.05) is 13.8 Å². The van der Waals surface area contributed by atoms with Gasteiger partial charge in [-0.25, -0.2) is 0 Å². The Morgan fingerprint density at radius 3 is 2.00 bits per heavy atom. The van der Waals surface area contributed by atoms with E-state index in [-0.39, 0.29) is 6.29 Å². The molecule has 0 rings (SSSR count). The van der Waals surface area contributed by atoms with Crippen LogP contribution in [0.2, 0.25) is 0 Å². The second-order valence-corrected chi connectivity index (χ2v) is 5.84. The molecule has 0 fully saturated rings. The van der Waals surface area contributed by atoms with Crippen LogP contribution in [-0.4, -0.2) is 33.8 Å². The number of hydrogen-bond donors (Lipinski definition) is 0. The maximum Gasteiger partial charge on any atom is 0.373 e. The lowest BCUT2D eigenvalue weighted by molar-refractivity contribution is -0.152. The summed E-state index contributed by atoms with van der Waals surface area (Å²) in [6, 6.07) is 0. The van der Waals surface area contributed by atoms with Crippen LogP contribution in [0.4, 0.5) is 0 Å². The topological polar surface area (TPSA) is 27.7 Å². The van der Waals surface area contributed by atoms with Crippen LogP contribution in [0.3, 0.4) is 0 Å². The molecule has 0 radical (unpaired) electrons. The molecule has 0 aromatic heterocycles. The molecule has 0 aromatic rings. The number of rotatable bonds is 7. The Bertz CT molecular complexity index is 98.8. The molecule has 0 amide bonds. The molecule has 0 aromatic carbocycles. The van der Waals surface area contributed by atoms with Gasteiger partial charge in [0.15, 0.2) is 6.29 Å². The van der Waals surface area contributed by atoms with Gasteiger partial charge in [-0.2, -0.15) is 0 Å². The van der Waals surface area contributed by atoms with Crippen LogP contribution in [0.1, 0.15) is 13.8 Å². The van der Waals surface area contributed by atoms with Crippen molar-refractivity contribution in [2.24, 2.45) is 0 Å². The molecule has 0 atom stereocenters. The number of halogens is 2. The SMILES string of the molecule is CCOC(CO[SiH](Cl)Cl)OCC. The highest BCUT2D eigenvalue weighted by molar-refractivity contribution is 7.30. The minimum Gasteiger partial charge on any atom is -0.389 e. The molecular formula is C6H14Cl2O3Si. The molecule has 0 aliphatic rings. The highest BCUT2D eigenvalue weighted by Gasteiger charge is 2.10. The van der Waals surface area contributed by atoms with Crippen LogP contribution in [0, 0.1) is 0 Å². The van der Waals surface area contributed by atoms with E-state index >= 15 is 0 Å². The van der Waals surface area contributed by atoms with Crippen molar-refractivity contribution in [2.45, 2.75) is 20.1 Å². The van der Waals surface area contributed by atoms with Gasteiger partial charge in [0, 0.05) is 13.2 Å². The quantitative estimate of drug-likeness (QED) is 0.379. The van der Waals surface area contributed by atoms with Crippen LogP contribution >= 0.6 is 22.2 Å². The summed E-state index contributed by atoms with van der Waals surface area (Å²) in [6.45, 7) is 5.27. The standard InChI is InChI=1S/C6H14Cl2O3Si/c1-3-9-6(10-4-2)5-11-12(7)8/h6,12H,3-5H2,1-2H3. The second kappa shape index (κ2) is 8.28. The maximum atomic E-state index is 5.49. The highest BCUT2D eigenvalue weighted by Crippen LogP contribution is 2.02. The maximum absolute atomic E-state index is 5.49. The fourth-order valence-electron chi connectivity index (χ4n) is 0.667. The van der Waals surface area contributed by atoms with Crippen LogP contribution in [-0.2, 0) is 13.9 Å². The van der Waals surface area contributed by atoms with Crippen LogP contribution in [0.25, 0.3) is 0 Å². The Balaban J connectivity index is 3.48. The van der Waals surface area contributed by atoms with Crippen LogP contribution in [0.5, 0.6) is 0 Å². The van der Waals surface area contributed by atoms with E-state index in [0.29, 0.717) is 19.8 Å². The Hall–Kier alpha value is 0.677. The Kier molecular flexibility index (Phi) is 8.75. The molecule has 0 heterocycles. The van der Waals surface area contributed by atoms with Gasteiger partial charge in [-0.05, 0) is 13.8 Å². The fourth-order valence-corrected chi connectivity index (χ4v) is 1.41. The zero-order chi connectivity index (χ0) is 9.40. The van der Waals surface area contributed by atoms with Crippen molar-refractivity contribution >= 4 is 29.8 Å².